The molecule has 0 atom stereocenters. The number of benzene rings is 3. The Balaban J connectivity index is 0.000000136. The SMILES string of the molecule is CN1Cc2cc(O)c(O)cc2C1.COc1cc2c(cc1OC)CN(C)C2.COc1cc2c(cc1OC)CNC2. The molecule has 39 heavy (non-hydrogen) atoms. The number of hydrogen-bond acceptors (Lipinski definition) is 9. The molecular weight excluding hydrogens is 498 g/mol. The first-order chi connectivity index (χ1) is 18.8. The van der Waals surface area contributed by atoms with Crippen molar-refractivity contribution in [2.45, 2.75) is 39.3 Å². The third-order valence-electron chi connectivity index (χ3n) is 7.10. The number of fused-ring (bicyclic) bond motifs is 3. The second kappa shape index (κ2) is 12.5. The zero-order chi connectivity index (χ0) is 28.1. The monoisotopic (exact) mass is 537 g/mol. The summed E-state index contributed by atoms with van der Waals surface area (Å²) >= 11 is 0. The predicted molar refractivity (Wildman–Crippen MR) is 150 cm³/mol. The van der Waals surface area contributed by atoms with Gasteiger partial charge in [-0.05, 0) is 83.9 Å². The summed E-state index contributed by atoms with van der Waals surface area (Å²) in [6.45, 7) is 5.54. The molecular formula is C30H39N3O6. The van der Waals surface area contributed by atoms with Gasteiger partial charge in [-0.25, -0.2) is 0 Å². The van der Waals surface area contributed by atoms with Gasteiger partial charge in [0.25, 0.3) is 0 Å². The van der Waals surface area contributed by atoms with E-state index in [1.54, 1.807) is 40.6 Å². The van der Waals surface area contributed by atoms with E-state index in [0.717, 1.165) is 73.4 Å². The number of nitrogens with one attached hydrogen (secondary N) is 1. The van der Waals surface area contributed by atoms with Crippen molar-refractivity contribution < 1.29 is 29.2 Å². The molecule has 3 heterocycles. The van der Waals surface area contributed by atoms with Gasteiger partial charge in [-0.15, -0.1) is 0 Å². The molecule has 0 spiro atoms. The van der Waals surface area contributed by atoms with Crippen LogP contribution in [-0.4, -0.2) is 62.5 Å². The molecule has 3 aliphatic rings. The molecule has 0 radical (unpaired) electrons. The number of methoxy groups -OCH3 is 4. The Bertz CT molecular complexity index is 1220. The van der Waals surface area contributed by atoms with E-state index in [9.17, 15) is 10.2 Å². The Labute approximate surface area is 230 Å². The van der Waals surface area contributed by atoms with Crippen LogP contribution in [0.3, 0.4) is 0 Å². The van der Waals surface area contributed by atoms with Crippen molar-refractivity contribution in [3.63, 3.8) is 0 Å². The van der Waals surface area contributed by atoms with Crippen molar-refractivity contribution in [3.05, 3.63) is 69.8 Å². The first kappa shape index (κ1) is 28.4. The van der Waals surface area contributed by atoms with Gasteiger partial charge in [-0.1, -0.05) is 0 Å². The summed E-state index contributed by atoms with van der Waals surface area (Å²) in [7, 11) is 10.8. The van der Waals surface area contributed by atoms with Crippen molar-refractivity contribution in [2.24, 2.45) is 0 Å². The lowest BCUT2D eigenvalue weighted by atomic mass is 10.1. The molecule has 210 valence electrons. The maximum absolute atomic E-state index is 9.20. The highest BCUT2D eigenvalue weighted by molar-refractivity contribution is 5.50. The number of ether oxygens (including phenoxy) is 4. The fourth-order valence-corrected chi connectivity index (χ4v) is 5.11. The molecule has 3 aliphatic heterocycles. The van der Waals surface area contributed by atoms with E-state index >= 15 is 0 Å². The van der Waals surface area contributed by atoms with Gasteiger partial charge < -0.3 is 34.5 Å². The van der Waals surface area contributed by atoms with E-state index < -0.39 is 0 Å². The Morgan fingerprint density at radius 1 is 0.513 bits per heavy atom. The van der Waals surface area contributed by atoms with Crippen molar-refractivity contribution in [1.29, 1.82) is 0 Å². The molecule has 0 aliphatic carbocycles. The van der Waals surface area contributed by atoms with Crippen LogP contribution in [-0.2, 0) is 39.3 Å². The Morgan fingerprint density at radius 3 is 1.10 bits per heavy atom. The number of aromatic hydroxyl groups is 2. The smallest absolute Gasteiger partial charge is 0.161 e. The molecule has 0 saturated heterocycles. The lowest BCUT2D eigenvalue weighted by Crippen LogP contribution is -2.07. The van der Waals surface area contributed by atoms with E-state index in [-0.39, 0.29) is 11.5 Å². The summed E-state index contributed by atoms with van der Waals surface area (Å²) in [4.78, 5) is 4.40. The number of nitrogens with zero attached hydrogens (tertiary/aromatic N) is 2. The molecule has 0 saturated carbocycles. The maximum Gasteiger partial charge on any atom is 0.161 e. The standard InChI is InChI=1S/C11H15NO2.C10H13NO2.C9H11NO2/c1-12-6-8-4-10(13-2)11(14-3)5-9(8)7-12;1-12-9-3-7-5-11-6-8(7)4-10(9)13-2;1-10-4-6-2-8(11)9(12)3-7(6)5-10/h4-5H,6-7H2,1-3H3;3-4,11H,5-6H2,1-2H3;2-3,11-12H,4-5H2,1H3. The summed E-state index contributed by atoms with van der Waals surface area (Å²) < 4.78 is 20.9. The first-order valence-corrected chi connectivity index (χ1v) is 12.8. The number of phenols is 2. The quantitative estimate of drug-likeness (QED) is 0.427. The molecule has 3 aromatic rings. The fraction of sp³-hybridized carbons (Fsp3) is 0.400. The molecule has 3 aromatic carbocycles. The molecule has 0 fully saturated rings. The van der Waals surface area contributed by atoms with Crippen molar-refractivity contribution in [3.8, 4) is 34.5 Å². The fourth-order valence-electron chi connectivity index (χ4n) is 5.11. The highest BCUT2D eigenvalue weighted by Crippen LogP contribution is 2.35. The number of hydrogen-bond donors (Lipinski definition) is 3. The molecule has 0 unspecified atom stereocenters. The highest BCUT2D eigenvalue weighted by atomic mass is 16.5. The average Bonchev–Trinajstić information content (AvgIpc) is 3.64. The van der Waals surface area contributed by atoms with Gasteiger partial charge in [0.2, 0.25) is 0 Å². The average molecular weight is 538 g/mol. The lowest BCUT2D eigenvalue weighted by molar-refractivity contribution is 0.353. The molecule has 6 rings (SSSR count). The minimum atomic E-state index is -0.0240. The second-order valence-electron chi connectivity index (χ2n) is 10.0. The Hall–Kier alpha value is -3.66. The minimum Gasteiger partial charge on any atom is -0.504 e. The van der Waals surface area contributed by atoms with Crippen LogP contribution in [0.25, 0.3) is 0 Å². The van der Waals surface area contributed by atoms with E-state index in [0.29, 0.717) is 0 Å². The van der Waals surface area contributed by atoms with Crippen LogP contribution in [0.15, 0.2) is 36.4 Å². The highest BCUT2D eigenvalue weighted by Gasteiger charge is 2.19. The molecule has 3 N–H and O–H groups in total. The van der Waals surface area contributed by atoms with E-state index in [4.69, 9.17) is 18.9 Å². The third-order valence-corrected chi connectivity index (χ3v) is 7.10. The van der Waals surface area contributed by atoms with Crippen molar-refractivity contribution in [2.75, 3.05) is 42.5 Å². The van der Waals surface area contributed by atoms with Crippen LogP contribution in [0.2, 0.25) is 0 Å². The zero-order valence-corrected chi connectivity index (χ0v) is 23.6. The summed E-state index contributed by atoms with van der Waals surface area (Å²) in [6.07, 6.45) is 0. The Morgan fingerprint density at radius 2 is 0.795 bits per heavy atom. The maximum atomic E-state index is 9.20. The second-order valence-corrected chi connectivity index (χ2v) is 10.0. The third kappa shape index (κ3) is 6.50. The van der Waals surface area contributed by atoms with Crippen LogP contribution in [0, 0.1) is 0 Å². The normalized spacial score (nSPS) is 15.2. The van der Waals surface area contributed by atoms with Crippen LogP contribution in [0.1, 0.15) is 33.4 Å². The lowest BCUT2D eigenvalue weighted by Gasteiger charge is -2.09. The van der Waals surface area contributed by atoms with Gasteiger partial charge in [0, 0.05) is 39.3 Å². The van der Waals surface area contributed by atoms with Crippen molar-refractivity contribution >= 4 is 0 Å². The van der Waals surface area contributed by atoms with Crippen LogP contribution in [0.4, 0.5) is 0 Å². The summed E-state index contributed by atoms with van der Waals surface area (Å²) in [6, 6.07) is 11.5. The van der Waals surface area contributed by atoms with Gasteiger partial charge in [0.15, 0.2) is 34.5 Å². The molecule has 0 amide bonds. The van der Waals surface area contributed by atoms with Gasteiger partial charge >= 0.3 is 0 Å². The molecule has 0 bridgehead atoms. The first-order valence-electron chi connectivity index (χ1n) is 12.8. The molecule has 9 heteroatoms. The number of phenolic OH excluding ortho intramolecular Hbond substituents is 2. The Kier molecular flexibility index (Phi) is 9.06. The van der Waals surface area contributed by atoms with E-state index in [2.05, 4.69) is 34.3 Å². The van der Waals surface area contributed by atoms with Gasteiger partial charge in [0.1, 0.15) is 0 Å². The summed E-state index contributed by atoms with van der Waals surface area (Å²) in [5, 5.41) is 21.7. The summed E-state index contributed by atoms with van der Waals surface area (Å²) in [5.74, 6) is 3.21. The van der Waals surface area contributed by atoms with Gasteiger partial charge in [0.05, 0.1) is 28.4 Å². The van der Waals surface area contributed by atoms with Gasteiger partial charge in [-0.2, -0.15) is 0 Å². The number of rotatable bonds is 4. The summed E-state index contributed by atoms with van der Waals surface area (Å²) in [5.41, 5.74) is 7.49. The molecule has 9 nitrogen and oxygen atoms in total. The van der Waals surface area contributed by atoms with Crippen LogP contribution >= 0.6 is 0 Å². The van der Waals surface area contributed by atoms with Crippen LogP contribution < -0.4 is 24.3 Å². The molecule has 0 aromatic heterocycles. The zero-order valence-electron chi connectivity index (χ0n) is 23.6. The van der Waals surface area contributed by atoms with Crippen molar-refractivity contribution in [1.82, 2.24) is 15.1 Å². The predicted octanol–water partition coefficient (Wildman–Crippen LogP) is 4.00. The van der Waals surface area contributed by atoms with E-state index in [1.807, 2.05) is 19.2 Å². The van der Waals surface area contributed by atoms with Crippen LogP contribution in [0.5, 0.6) is 34.5 Å². The topological polar surface area (TPSA) is 95.9 Å². The van der Waals surface area contributed by atoms with E-state index in [1.165, 1.54) is 22.3 Å². The van der Waals surface area contributed by atoms with Gasteiger partial charge in [-0.3, -0.25) is 9.80 Å². The largest absolute Gasteiger partial charge is 0.504 e. The minimum absolute atomic E-state index is 0.0240.